The third-order valence-corrected chi connectivity index (χ3v) is 4.81. The van der Waals surface area contributed by atoms with Crippen LogP contribution in [0.15, 0.2) is 22.0 Å². The molecule has 4 nitrogen and oxygen atoms in total. The number of rotatable bonds is 3. The number of hydrogen-bond acceptors (Lipinski definition) is 3. The lowest BCUT2D eigenvalue weighted by Gasteiger charge is -2.12. The first kappa shape index (κ1) is 14.3. The molecular weight excluding hydrogens is 330 g/mol. The number of carboxylic acid groups (broad SMARTS) is 1. The Hall–Kier alpha value is -1.14. The Balaban J connectivity index is 1.98. The molecule has 1 aliphatic rings. The van der Waals surface area contributed by atoms with Gasteiger partial charge in [0, 0.05) is 24.0 Å². The number of aliphatic carboxylic acids is 1. The van der Waals surface area contributed by atoms with Crippen LogP contribution in [0.4, 0.5) is 0 Å². The summed E-state index contributed by atoms with van der Waals surface area (Å²) in [7, 11) is 0. The van der Waals surface area contributed by atoms with Crippen molar-refractivity contribution in [1.82, 2.24) is 4.90 Å². The van der Waals surface area contributed by atoms with E-state index in [-0.39, 0.29) is 11.8 Å². The number of carboxylic acids is 1. The maximum Gasteiger partial charge on any atom is 0.308 e. The molecule has 102 valence electrons. The van der Waals surface area contributed by atoms with E-state index in [1.54, 1.807) is 22.3 Å². The van der Waals surface area contributed by atoms with Crippen LogP contribution in [0.3, 0.4) is 0 Å². The highest BCUT2D eigenvalue weighted by Crippen LogP contribution is 2.25. The van der Waals surface area contributed by atoms with Crippen molar-refractivity contribution in [3.05, 3.63) is 26.9 Å². The van der Waals surface area contributed by atoms with E-state index in [0.717, 1.165) is 8.66 Å². The summed E-state index contributed by atoms with van der Waals surface area (Å²) in [5.74, 6) is -1.40. The third kappa shape index (κ3) is 3.45. The van der Waals surface area contributed by atoms with Gasteiger partial charge in [-0.2, -0.15) is 0 Å². The van der Waals surface area contributed by atoms with Crippen LogP contribution in [0, 0.1) is 11.8 Å². The number of carbonyl (C=O) groups is 2. The summed E-state index contributed by atoms with van der Waals surface area (Å²) in [6.45, 7) is 2.67. The Morgan fingerprint density at radius 3 is 2.74 bits per heavy atom. The van der Waals surface area contributed by atoms with Crippen LogP contribution in [-0.4, -0.2) is 35.0 Å². The number of halogens is 1. The average molecular weight is 344 g/mol. The molecule has 1 saturated heterocycles. The van der Waals surface area contributed by atoms with Gasteiger partial charge in [-0.05, 0) is 40.1 Å². The summed E-state index contributed by atoms with van der Waals surface area (Å²) < 4.78 is 1.01. The van der Waals surface area contributed by atoms with Gasteiger partial charge in [0.1, 0.15) is 0 Å². The number of nitrogens with zero attached hydrogens (tertiary/aromatic N) is 1. The van der Waals surface area contributed by atoms with E-state index < -0.39 is 11.9 Å². The van der Waals surface area contributed by atoms with Gasteiger partial charge in [-0.25, -0.2) is 0 Å². The van der Waals surface area contributed by atoms with E-state index in [0.29, 0.717) is 13.1 Å². The van der Waals surface area contributed by atoms with E-state index in [1.165, 1.54) is 6.08 Å². The van der Waals surface area contributed by atoms with Crippen molar-refractivity contribution in [1.29, 1.82) is 0 Å². The number of amides is 1. The zero-order valence-corrected chi connectivity index (χ0v) is 12.8. The second-order valence-electron chi connectivity index (χ2n) is 4.64. The summed E-state index contributed by atoms with van der Waals surface area (Å²) >= 11 is 4.90. The summed E-state index contributed by atoms with van der Waals surface area (Å²) in [6.07, 6.45) is 3.27. The van der Waals surface area contributed by atoms with Gasteiger partial charge in [0.2, 0.25) is 5.91 Å². The quantitative estimate of drug-likeness (QED) is 0.858. The first-order valence-electron chi connectivity index (χ1n) is 5.92. The Morgan fingerprint density at radius 1 is 1.47 bits per heavy atom. The van der Waals surface area contributed by atoms with Crippen LogP contribution in [-0.2, 0) is 9.59 Å². The van der Waals surface area contributed by atoms with Gasteiger partial charge in [-0.1, -0.05) is 6.92 Å². The molecule has 1 amide bonds. The number of thiophene rings is 1. The fraction of sp³-hybridized carbons (Fsp3) is 0.385. The lowest BCUT2D eigenvalue weighted by Crippen LogP contribution is -2.28. The van der Waals surface area contributed by atoms with Crippen LogP contribution < -0.4 is 0 Å². The maximum atomic E-state index is 12.0. The van der Waals surface area contributed by atoms with Crippen LogP contribution in [0.1, 0.15) is 11.8 Å². The van der Waals surface area contributed by atoms with Crippen LogP contribution >= 0.6 is 27.3 Å². The second-order valence-corrected chi connectivity index (χ2v) is 7.14. The van der Waals surface area contributed by atoms with Gasteiger partial charge in [0.15, 0.2) is 0 Å². The molecule has 2 rings (SSSR count). The summed E-state index contributed by atoms with van der Waals surface area (Å²) in [4.78, 5) is 25.6. The average Bonchev–Trinajstić information content (AvgIpc) is 2.92. The van der Waals surface area contributed by atoms with Crippen LogP contribution in [0.2, 0.25) is 0 Å². The van der Waals surface area contributed by atoms with Crippen molar-refractivity contribution in [3.8, 4) is 0 Å². The molecule has 1 aliphatic heterocycles. The lowest BCUT2D eigenvalue weighted by atomic mass is 9.99. The molecule has 19 heavy (non-hydrogen) atoms. The van der Waals surface area contributed by atoms with Crippen molar-refractivity contribution < 1.29 is 14.7 Å². The fourth-order valence-electron chi connectivity index (χ4n) is 2.14. The van der Waals surface area contributed by atoms with E-state index in [1.807, 2.05) is 19.1 Å². The predicted octanol–water partition coefficient (Wildman–Crippen LogP) is 2.70. The molecular formula is C13H14BrNO3S. The monoisotopic (exact) mass is 343 g/mol. The molecule has 6 heteroatoms. The minimum absolute atomic E-state index is 0.00531. The zero-order valence-electron chi connectivity index (χ0n) is 10.4. The Kier molecular flexibility index (Phi) is 4.42. The molecule has 2 heterocycles. The van der Waals surface area contributed by atoms with Crippen LogP contribution in [0.5, 0.6) is 0 Å². The molecule has 0 aliphatic carbocycles. The molecule has 1 aromatic rings. The molecule has 0 spiro atoms. The van der Waals surface area contributed by atoms with Crippen molar-refractivity contribution in [2.45, 2.75) is 6.92 Å². The molecule has 0 aromatic carbocycles. The Morgan fingerprint density at radius 2 is 2.21 bits per heavy atom. The maximum absolute atomic E-state index is 12.0. The largest absolute Gasteiger partial charge is 0.481 e. The second kappa shape index (κ2) is 5.88. The zero-order chi connectivity index (χ0) is 14.0. The van der Waals surface area contributed by atoms with Crippen molar-refractivity contribution >= 4 is 45.2 Å². The van der Waals surface area contributed by atoms with Crippen molar-refractivity contribution in [2.75, 3.05) is 13.1 Å². The smallest absolute Gasteiger partial charge is 0.308 e. The molecule has 0 radical (unpaired) electrons. The van der Waals surface area contributed by atoms with Gasteiger partial charge in [0.05, 0.1) is 9.70 Å². The Bertz CT molecular complexity index is 526. The number of likely N-dealkylation sites (tertiary alicyclic amines) is 1. The van der Waals surface area contributed by atoms with Crippen molar-refractivity contribution in [2.24, 2.45) is 11.8 Å². The molecule has 1 fully saturated rings. The van der Waals surface area contributed by atoms with Crippen molar-refractivity contribution in [3.63, 3.8) is 0 Å². The molecule has 2 atom stereocenters. The summed E-state index contributed by atoms with van der Waals surface area (Å²) in [5, 5.41) is 9.03. The number of carbonyl (C=O) groups excluding carboxylic acids is 1. The molecule has 2 unspecified atom stereocenters. The van der Waals surface area contributed by atoms with Gasteiger partial charge in [-0.3, -0.25) is 9.59 Å². The topological polar surface area (TPSA) is 57.6 Å². The summed E-state index contributed by atoms with van der Waals surface area (Å²) in [5.41, 5.74) is 0. The van der Waals surface area contributed by atoms with E-state index in [9.17, 15) is 9.59 Å². The molecule has 1 N–H and O–H groups in total. The molecule has 0 bridgehead atoms. The Labute approximate surface area is 123 Å². The van der Waals surface area contributed by atoms with Gasteiger partial charge in [-0.15, -0.1) is 11.3 Å². The highest BCUT2D eigenvalue weighted by atomic mass is 79.9. The van der Waals surface area contributed by atoms with E-state index in [4.69, 9.17) is 5.11 Å². The van der Waals surface area contributed by atoms with E-state index >= 15 is 0 Å². The first-order valence-corrected chi connectivity index (χ1v) is 7.53. The van der Waals surface area contributed by atoms with Gasteiger partial charge < -0.3 is 10.0 Å². The third-order valence-electron chi connectivity index (χ3n) is 3.23. The van der Waals surface area contributed by atoms with Gasteiger partial charge in [0.25, 0.3) is 0 Å². The van der Waals surface area contributed by atoms with Crippen LogP contribution in [0.25, 0.3) is 6.08 Å². The number of hydrogen-bond donors (Lipinski definition) is 1. The minimum Gasteiger partial charge on any atom is -0.481 e. The normalized spacial score (nSPS) is 23.2. The molecule has 1 aromatic heterocycles. The predicted molar refractivity (Wildman–Crippen MR) is 77.9 cm³/mol. The highest BCUT2D eigenvalue weighted by molar-refractivity contribution is 9.11. The standard InChI is InChI=1S/C13H14BrNO3S/c1-8-6-15(7-10(8)13(17)18)12(16)5-3-9-2-4-11(14)19-9/h2-5,8,10H,6-7H2,1H3,(H,17,18). The summed E-state index contributed by atoms with van der Waals surface area (Å²) in [6, 6.07) is 3.85. The highest BCUT2D eigenvalue weighted by Gasteiger charge is 2.36. The SMILES string of the molecule is CC1CN(C(=O)C=Cc2ccc(Br)s2)CC1C(=O)O. The fourth-order valence-corrected chi connectivity index (χ4v) is 3.47. The molecule has 0 saturated carbocycles. The first-order chi connectivity index (χ1) is 8.97. The van der Waals surface area contributed by atoms with Gasteiger partial charge >= 0.3 is 5.97 Å². The van der Waals surface area contributed by atoms with E-state index in [2.05, 4.69) is 15.9 Å². The minimum atomic E-state index is -0.825. The lowest BCUT2D eigenvalue weighted by molar-refractivity contribution is -0.142.